The van der Waals surface area contributed by atoms with Crippen LogP contribution in [0.5, 0.6) is 0 Å². The number of carboxylic acid groups (broad SMARTS) is 1. The third-order valence-electron chi connectivity index (χ3n) is 5.05. The summed E-state index contributed by atoms with van der Waals surface area (Å²) in [5.41, 5.74) is 2.55. The lowest BCUT2D eigenvalue weighted by atomic mass is 10.1. The maximum absolute atomic E-state index is 13.1. The quantitative estimate of drug-likeness (QED) is 0.547. The molecule has 0 aromatic heterocycles. The number of carbonyl (C=O) groups is 4. The van der Waals surface area contributed by atoms with Crippen molar-refractivity contribution >= 4 is 40.5 Å². The smallest absolute Gasteiger partial charge is 0.335 e. The number of rotatable bonds is 5. The monoisotopic (exact) mass is 470 g/mol. The Bertz CT molecular complexity index is 1330. The number of amides is 3. The van der Waals surface area contributed by atoms with Crippen LogP contribution in [-0.4, -0.2) is 28.1 Å². The number of imide groups is 1. The van der Waals surface area contributed by atoms with Crippen LogP contribution in [0.15, 0.2) is 78.9 Å². The number of anilines is 1. The SMILES string of the molecule is O=C1NC(=O)C(c2ccc(CN(C(=O)C#Cc3ccccc3)c3cccc(C(=O)O)c3)cc2)S1. The highest BCUT2D eigenvalue weighted by Crippen LogP contribution is 2.34. The average molecular weight is 471 g/mol. The molecule has 0 radical (unpaired) electrons. The van der Waals surface area contributed by atoms with Crippen LogP contribution < -0.4 is 10.2 Å². The van der Waals surface area contributed by atoms with Gasteiger partial charge in [0.05, 0.1) is 12.1 Å². The molecule has 1 unspecified atom stereocenters. The molecular formula is C26H18N2O5S. The Labute approximate surface area is 199 Å². The fourth-order valence-electron chi connectivity index (χ4n) is 3.36. The maximum atomic E-state index is 13.1. The van der Waals surface area contributed by atoms with Gasteiger partial charge in [-0.2, -0.15) is 0 Å². The summed E-state index contributed by atoms with van der Waals surface area (Å²) in [7, 11) is 0. The summed E-state index contributed by atoms with van der Waals surface area (Å²) in [4.78, 5) is 49.3. The predicted octanol–water partition coefficient (Wildman–Crippen LogP) is 3.99. The topological polar surface area (TPSA) is 104 Å². The van der Waals surface area contributed by atoms with E-state index >= 15 is 0 Å². The molecule has 3 aromatic carbocycles. The summed E-state index contributed by atoms with van der Waals surface area (Å²) >= 11 is 0.919. The van der Waals surface area contributed by atoms with Crippen molar-refractivity contribution < 1.29 is 24.3 Å². The summed E-state index contributed by atoms with van der Waals surface area (Å²) in [5.74, 6) is 3.51. The zero-order valence-corrected chi connectivity index (χ0v) is 18.5. The van der Waals surface area contributed by atoms with Gasteiger partial charge in [-0.15, -0.1) is 0 Å². The fraction of sp³-hybridized carbons (Fsp3) is 0.0769. The van der Waals surface area contributed by atoms with E-state index < -0.39 is 17.1 Å². The van der Waals surface area contributed by atoms with Gasteiger partial charge in [0, 0.05) is 17.2 Å². The lowest BCUT2D eigenvalue weighted by Gasteiger charge is -2.21. The van der Waals surface area contributed by atoms with Gasteiger partial charge < -0.3 is 5.11 Å². The fourth-order valence-corrected chi connectivity index (χ4v) is 4.19. The molecule has 3 aromatic rings. The van der Waals surface area contributed by atoms with Gasteiger partial charge in [0.15, 0.2) is 0 Å². The number of hydrogen-bond acceptors (Lipinski definition) is 5. The molecule has 34 heavy (non-hydrogen) atoms. The van der Waals surface area contributed by atoms with Gasteiger partial charge >= 0.3 is 11.9 Å². The minimum absolute atomic E-state index is 0.0515. The summed E-state index contributed by atoms with van der Waals surface area (Å²) in [6.07, 6.45) is 0. The van der Waals surface area contributed by atoms with Crippen LogP contribution in [0.25, 0.3) is 0 Å². The van der Waals surface area contributed by atoms with Crippen molar-refractivity contribution in [2.24, 2.45) is 0 Å². The van der Waals surface area contributed by atoms with Gasteiger partial charge in [-0.3, -0.25) is 24.6 Å². The molecule has 1 heterocycles. The Morgan fingerprint density at radius 2 is 1.71 bits per heavy atom. The van der Waals surface area contributed by atoms with Crippen molar-refractivity contribution in [1.82, 2.24) is 5.32 Å². The van der Waals surface area contributed by atoms with E-state index in [-0.39, 0.29) is 23.3 Å². The molecule has 1 aliphatic rings. The van der Waals surface area contributed by atoms with Gasteiger partial charge in [0.2, 0.25) is 5.91 Å². The number of carbonyl (C=O) groups excluding carboxylic acids is 3. The van der Waals surface area contributed by atoms with E-state index in [4.69, 9.17) is 0 Å². The first-order valence-electron chi connectivity index (χ1n) is 10.2. The van der Waals surface area contributed by atoms with Crippen molar-refractivity contribution in [2.45, 2.75) is 11.8 Å². The standard InChI is InChI=1S/C26H18N2O5S/c29-22(14-11-17-5-2-1-3-6-17)28(21-8-4-7-20(15-21)25(31)32)16-18-9-12-19(13-10-18)23-24(30)27-26(33)34-23/h1-10,12-13,15,23H,16H2,(H,31,32)(H,27,30,33). The number of nitrogens with one attached hydrogen (secondary N) is 1. The first-order chi connectivity index (χ1) is 16.4. The number of benzene rings is 3. The molecule has 4 rings (SSSR count). The number of aromatic carboxylic acids is 1. The Kier molecular flexibility index (Phi) is 6.76. The molecule has 168 valence electrons. The molecule has 3 amide bonds. The van der Waals surface area contributed by atoms with E-state index in [1.54, 1.807) is 48.5 Å². The molecule has 0 aliphatic carbocycles. The van der Waals surface area contributed by atoms with Gasteiger partial charge in [-0.05, 0) is 53.2 Å². The Balaban J connectivity index is 1.62. The van der Waals surface area contributed by atoms with Crippen molar-refractivity contribution in [1.29, 1.82) is 0 Å². The molecule has 1 saturated heterocycles. The second-order valence-electron chi connectivity index (χ2n) is 7.38. The number of hydrogen-bond donors (Lipinski definition) is 2. The molecule has 7 nitrogen and oxygen atoms in total. The lowest BCUT2D eigenvalue weighted by molar-refractivity contribution is -0.119. The Morgan fingerprint density at radius 1 is 0.971 bits per heavy atom. The molecule has 1 atom stereocenters. The van der Waals surface area contributed by atoms with Crippen molar-refractivity contribution in [2.75, 3.05) is 4.90 Å². The molecule has 1 aliphatic heterocycles. The highest BCUT2D eigenvalue weighted by Gasteiger charge is 2.32. The third-order valence-corrected chi connectivity index (χ3v) is 6.09. The number of carboxylic acids is 1. The molecule has 0 spiro atoms. The van der Waals surface area contributed by atoms with Gasteiger partial charge in [0.25, 0.3) is 5.24 Å². The second-order valence-corrected chi connectivity index (χ2v) is 8.46. The molecular weight excluding hydrogens is 452 g/mol. The predicted molar refractivity (Wildman–Crippen MR) is 128 cm³/mol. The summed E-state index contributed by atoms with van der Waals surface area (Å²) in [6, 6.07) is 22.1. The van der Waals surface area contributed by atoms with Crippen LogP contribution in [0, 0.1) is 11.8 Å². The van der Waals surface area contributed by atoms with E-state index in [0.717, 1.165) is 17.3 Å². The van der Waals surface area contributed by atoms with E-state index in [9.17, 15) is 24.3 Å². The Morgan fingerprint density at radius 3 is 2.35 bits per heavy atom. The second kappa shape index (κ2) is 10.1. The van der Waals surface area contributed by atoms with E-state index in [0.29, 0.717) is 16.8 Å². The molecule has 0 saturated carbocycles. The minimum atomic E-state index is -1.10. The largest absolute Gasteiger partial charge is 0.478 e. The van der Waals surface area contributed by atoms with E-state index in [2.05, 4.69) is 17.2 Å². The zero-order chi connectivity index (χ0) is 24.1. The summed E-state index contributed by atoms with van der Waals surface area (Å²) in [5, 5.41) is 10.6. The van der Waals surface area contributed by atoms with Crippen LogP contribution in [0.4, 0.5) is 10.5 Å². The minimum Gasteiger partial charge on any atom is -0.478 e. The van der Waals surface area contributed by atoms with Crippen molar-refractivity contribution in [3.8, 4) is 11.8 Å². The third kappa shape index (κ3) is 5.34. The zero-order valence-electron chi connectivity index (χ0n) is 17.7. The lowest BCUT2D eigenvalue weighted by Crippen LogP contribution is -2.29. The maximum Gasteiger partial charge on any atom is 0.335 e. The summed E-state index contributed by atoms with van der Waals surface area (Å²) < 4.78 is 0. The molecule has 1 fully saturated rings. The van der Waals surface area contributed by atoms with Crippen LogP contribution >= 0.6 is 11.8 Å². The van der Waals surface area contributed by atoms with Crippen LogP contribution in [0.3, 0.4) is 0 Å². The van der Waals surface area contributed by atoms with Crippen LogP contribution in [0.1, 0.15) is 32.3 Å². The molecule has 8 heteroatoms. The summed E-state index contributed by atoms with van der Waals surface area (Å²) in [6.45, 7) is 0.134. The molecule has 2 N–H and O–H groups in total. The van der Waals surface area contributed by atoms with Crippen molar-refractivity contribution in [3.05, 3.63) is 101 Å². The first kappa shape index (κ1) is 22.8. The average Bonchev–Trinajstić information content (AvgIpc) is 3.19. The van der Waals surface area contributed by atoms with Crippen LogP contribution in [0.2, 0.25) is 0 Å². The molecule has 0 bridgehead atoms. The number of thioether (sulfide) groups is 1. The van der Waals surface area contributed by atoms with Gasteiger partial charge in [-0.1, -0.05) is 54.5 Å². The van der Waals surface area contributed by atoms with E-state index in [1.165, 1.54) is 17.0 Å². The van der Waals surface area contributed by atoms with Gasteiger partial charge in [0.1, 0.15) is 5.25 Å². The van der Waals surface area contributed by atoms with E-state index in [1.807, 2.05) is 18.2 Å². The Hall–Kier alpha value is -4.35. The highest BCUT2D eigenvalue weighted by atomic mass is 32.2. The first-order valence-corrected chi connectivity index (χ1v) is 11.1. The van der Waals surface area contributed by atoms with Gasteiger partial charge in [-0.25, -0.2) is 4.79 Å². The van der Waals surface area contributed by atoms with Crippen LogP contribution in [-0.2, 0) is 16.1 Å². The highest BCUT2D eigenvalue weighted by molar-refractivity contribution is 8.15. The van der Waals surface area contributed by atoms with Crippen molar-refractivity contribution in [3.63, 3.8) is 0 Å². The normalized spacial score (nSPS) is 14.6. The number of nitrogens with zero attached hydrogens (tertiary/aromatic N) is 1.